The van der Waals surface area contributed by atoms with Gasteiger partial charge in [-0.2, -0.15) is 0 Å². The quantitative estimate of drug-likeness (QED) is 0.0146. The summed E-state index contributed by atoms with van der Waals surface area (Å²) in [7, 11) is -9.79. The number of unbranched alkanes of at least 4 members (excludes halogenated alkanes) is 30. The van der Waals surface area contributed by atoms with E-state index in [0.717, 1.165) is 154 Å². The molecule has 18 heteroatoms. The van der Waals surface area contributed by atoms with Crippen molar-refractivity contribution < 1.29 is 75.8 Å². The summed E-state index contributed by atoms with van der Waals surface area (Å²) in [5, 5.41) is 20.6. The number of esters is 3. The van der Waals surface area contributed by atoms with Crippen molar-refractivity contribution >= 4 is 33.6 Å². The average Bonchev–Trinajstić information content (AvgIpc) is 1.43. The number of phosphoric ester groups is 2. The second-order valence-electron chi connectivity index (χ2n) is 25.8. The molecule has 0 bridgehead atoms. The SMILES string of the molecule is CC/C=C\C/C=C\C/C=C\C/C=C\C/C=C\C/C=C\CCCCCCCCCCCCCCCCC(=O)OCC(O)COP(=O)(O)OCC(O)COP(=O)(O)OCC(COC(=O)CCCCCCC/C=C\C/C=C\CCCCC)OC(=O)CCCCCCC/C=C\C/C=C\CCCCC. The number of aliphatic hydroxyl groups is 2. The second-order valence-corrected chi connectivity index (χ2v) is 28.7. The Kier molecular flexibility index (Phi) is 70.7. The maximum Gasteiger partial charge on any atom is 0.472 e. The van der Waals surface area contributed by atoms with Gasteiger partial charge in [0.2, 0.25) is 0 Å². The molecule has 0 aliphatic carbocycles. The van der Waals surface area contributed by atoms with Crippen molar-refractivity contribution in [3.8, 4) is 0 Å². The highest BCUT2D eigenvalue weighted by atomic mass is 31.2. The Hall–Kier alpha value is -4.05. The van der Waals surface area contributed by atoms with Gasteiger partial charge in [0, 0.05) is 19.3 Å². The molecule has 0 radical (unpaired) electrons. The van der Waals surface area contributed by atoms with Gasteiger partial charge in [0.15, 0.2) is 6.10 Å². The van der Waals surface area contributed by atoms with Gasteiger partial charge in [-0.15, -0.1) is 0 Å². The van der Waals surface area contributed by atoms with Crippen LogP contribution in [0.15, 0.2) is 122 Å². The molecule has 0 aromatic carbocycles. The van der Waals surface area contributed by atoms with E-state index >= 15 is 0 Å². The van der Waals surface area contributed by atoms with Crippen LogP contribution in [0.3, 0.4) is 0 Å². The van der Waals surface area contributed by atoms with Crippen LogP contribution in [0.4, 0.5) is 0 Å². The fraction of sp³-hybridized carbons (Fsp3) is 0.716. The number of phosphoric acid groups is 2. The summed E-state index contributed by atoms with van der Waals surface area (Å²) in [6, 6.07) is 0. The summed E-state index contributed by atoms with van der Waals surface area (Å²) >= 11 is 0. The van der Waals surface area contributed by atoms with E-state index in [1.165, 1.54) is 103 Å². The van der Waals surface area contributed by atoms with Crippen LogP contribution < -0.4 is 0 Å². The molecule has 5 atom stereocenters. The first-order valence-corrected chi connectivity index (χ1v) is 41.8. The lowest BCUT2D eigenvalue weighted by atomic mass is 10.0. The fourth-order valence-electron chi connectivity index (χ4n) is 10.2. The third kappa shape index (κ3) is 74.9. The molecule has 0 amide bonds. The highest BCUT2D eigenvalue weighted by molar-refractivity contribution is 7.47. The number of allylic oxidation sites excluding steroid dienone is 20. The molecule has 4 N–H and O–H groups in total. The maximum atomic E-state index is 12.9. The predicted molar refractivity (Wildman–Crippen MR) is 408 cm³/mol. The van der Waals surface area contributed by atoms with E-state index in [-0.39, 0.29) is 19.3 Å². The van der Waals surface area contributed by atoms with E-state index < -0.39 is 91.5 Å². The van der Waals surface area contributed by atoms with Crippen LogP contribution >= 0.6 is 15.6 Å². The number of carbonyl (C=O) groups excluding carboxylic acids is 3. The Morgan fingerprint density at radius 1 is 0.293 bits per heavy atom. The maximum absolute atomic E-state index is 12.9. The molecule has 0 saturated carbocycles. The summed E-state index contributed by atoms with van der Waals surface area (Å²) in [5.74, 6) is -1.60. The van der Waals surface area contributed by atoms with E-state index in [0.29, 0.717) is 19.3 Å². The van der Waals surface area contributed by atoms with Crippen molar-refractivity contribution in [2.75, 3.05) is 39.6 Å². The van der Waals surface area contributed by atoms with Crippen LogP contribution in [-0.2, 0) is 55.8 Å². The molecule has 16 nitrogen and oxygen atoms in total. The van der Waals surface area contributed by atoms with Gasteiger partial charge < -0.3 is 34.2 Å². The molecule has 0 heterocycles. The van der Waals surface area contributed by atoms with Crippen molar-refractivity contribution in [3.05, 3.63) is 122 Å². The van der Waals surface area contributed by atoms with Crippen molar-refractivity contribution in [3.63, 3.8) is 0 Å². The molecule has 570 valence electrons. The monoisotopic (exact) mass is 1430 g/mol. The van der Waals surface area contributed by atoms with E-state index in [1.807, 2.05) is 0 Å². The van der Waals surface area contributed by atoms with Gasteiger partial charge >= 0.3 is 33.6 Å². The van der Waals surface area contributed by atoms with Gasteiger partial charge in [0.05, 0.1) is 26.4 Å². The number of ether oxygens (including phenoxy) is 3. The van der Waals surface area contributed by atoms with Crippen molar-refractivity contribution in [2.24, 2.45) is 0 Å². The predicted octanol–water partition coefficient (Wildman–Crippen LogP) is 22.5. The normalized spacial score (nSPS) is 14.7. The first-order valence-electron chi connectivity index (χ1n) is 38.8. The number of hydrogen-bond acceptors (Lipinski definition) is 14. The minimum absolute atomic E-state index is 0.0851. The smallest absolute Gasteiger partial charge is 0.463 e. The minimum Gasteiger partial charge on any atom is -0.463 e. The molecule has 0 rings (SSSR count). The van der Waals surface area contributed by atoms with Gasteiger partial charge in [-0.05, 0) is 135 Å². The average molecular weight is 1430 g/mol. The topological polar surface area (TPSA) is 231 Å². The van der Waals surface area contributed by atoms with E-state index in [1.54, 1.807) is 0 Å². The van der Waals surface area contributed by atoms with Gasteiger partial charge in [-0.25, -0.2) is 9.13 Å². The van der Waals surface area contributed by atoms with Crippen LogP contribution in [0.5, 0.6) is 0 Å². The molecule has 0 aromatic heterocycles. The zero-order valence-corrected chi connectivity index (χ0v) is 63.9. The lowest BCUT2D eigenvalue weighted by Crippen LogP contribution is -2.30. The molecule has 0 saturated heterocycles. The Morgan fingerprint density at radius 3 is 0.848 bits per heavy atom. The summed E-state index contributed by atoms with van der Waals surface area (Å²) in [6.45, 7) is 2.49. The largest absolute Gasteiger partial charge is 0.472 e. The Bertz CT molecular complexity index is 2290. The van der Waals surface area contributed by atoms with Crippen LogP contribution in [-0.4, -0.2) is 95.9 Å². The highest BCUT2D eigenvalue weighted by Gasteiger charge is 2.29. The molecule has 0 aromatic rings. The molecule has 0 spiro atoms. The third-order valence-corrected chi connectivity index (χ3v) is 18.0. The van der Waals surface area contributed by atoms with Crippen molar-refractivity contribution in [1.82, 2.24) is 0 Å². The zero-order chi connectivity index (χ0) is 72.3. The molecule has 99 heavy (non-hydrogen) atoms. The van der Waals surface area contributed by atoms with Crippen molar-refractivity contribution in [1.29, 1.82) is 0 Å². The van der Waals surface area contributed by atoms with Gasteiger partial charge in [0.25, 0.3) is 0 Å². The van der Waals surface area contributed by atoms with Gasteiger partial charge in [0.1, 0.15) is 25.4 Å². The zero-order valence-electron chi connectivity index (χ0n) is 62.1. The number of rotatable bonds is 73. The Balaban J connectivity index is 4.42. The van der Waals surface area contributed by atoms with Crippen molar-refractivity contribution in [2.45, 2.75) is 334 Å². The van der Waals surface area contributed by atoms with Gasteiger partial charge in [-0.1, -0.05) is 284 Å². The number of aliphatic hydroxyl groups excluding tert-OH is 2. The summed E-state index contributed by atoms with van der Waals surface area (Å²) in [4.78, 5) is 58.5. The molecule has 0 aliphatic heterocycles. The first kappa shape index (κ1) is 94.9. The Labute approximate surface area is 602 Å². The lowest BCUT2D eigenvalue weighted by molar-refractivity contribution is -0.161. The molecular weight excluding hydrogens is 1290 g/mol. The van der Waals surface area contributed by atoms with E-state index in [2.05, 4.69) is 142 Å². The molecular formula is C81H140O16P2. The fourth-order valence-corrected chi connectivity index (χ4v) is 11.8. The second kappa shape index (κ2) is 73.7. The van der Waals surface area contributed by atoms with Crippen LogP contribution in [0.2, 0.25) is 0 Å². The van der Waals surface area contributed by atoms with Crippen LogP contribution in [0.25, 0.3) is 0 Å². The number of hydrogen-bond donors (Lipinski definition) is 4. The summed E-state index contributed by atoms with van der Waals surface area (Å²) in [5.41, 5.74) is 0. The molecule has 0 aliphatic rings. The minimum atomic E-state index is -4.93. The molecule has 0 fully saturated rings. The van der Waals surface area contributed by atoms with E-state index in [4.69, 9.17) is 32.3 Å². The third-order valence-electron chi connectivity index (χ3n) is 16.1. The van der Waals surface area contributed by atoms with E-state index in [9.17, 15) is 43.5 Å². The van der Waals surface area contributed by atoms with Crippen LogP contribution in [0.1, 0.15) is 316 Å². The number of carbonyl (C=O) groups is 3. The first-order chi connectivity index (χ1) is 48.2. The standard InChI is InChI=1S/C81H140O16P2/c1-4-7-10-13-16-19-22-25-28-29-30-31-32-33-34-35-36-37-38-39-40-41-42-43-44-45-48-50-52-55-58-61-64-67-79(84)91-70-76(82)71-93-98(87,88)94-72-77(83)73-95-99(89,90)96-75-78(97-81(86)69-66-63-60-57-54-51-47-27-24-21-18-15-12-9-6-3)74-92-80(85)68-65-62-59-56-53-49-46-26-23-20-17-14-11-8-5-2/h7,10,16-21,25-28,30-31,33-34,36-37,46-47,76-78,82-83H,4-6,8-9,11-15,22-24,29,32,35,38-45,48-75H2,1-3H3,(H,87,88)(H,89,90)/b10-7-,19-16-,20-17-,21-18-,28-25-,31-30-,34-33-,37-36-,46-26-,47-27-. The Morgan fingerprint density at radius 2 is 0.535 bits per heavy atom. The lowest BCUT2D eigenvalue weighted by Gasteiger charge is -2.21. The summed E-state index contributed by atoms with van der Waals surface area (Å²) in [6.07, 6.45) is 86.9. The molecule has 5 unspecified atom stereocenters. The highest BCUT2D eigenvalue weighted by Crippen LogP contribution is 2.45. The van der Waals surface area contributed by atoms with Crippen LogP contribution in [0, 0.1) is 0 Å². The summed E-state index contributed by atoms with van der Waals surface area (Å²) < 4.78 is 61.0. The van der Waals surface area contributed by atoms with Gasteiger partial charge in [-0.3, -0.25) is 32.5 Å².